The van der Waals surface area contributed by atoms with E-state index >= 15 is 0 Å². The molecular weight excluding hydrogens is 318 g/mol. The van der Waals surface area contributed by atoms with Crippen molar-refractivity contribution in [2.45, 2.75) is 33.2 Å². The van der Waals surface area contributed by atoms with Gasteiger partial charge in [-0.25, -0.2) is 0 Å². The summed E-state index contributed by atoms with van der Waals surface area (Å²) in [6.45, 7) is 6.82. The molecule has 20 heavy (non-hydrogen) atoms. The lowest BCUT2D eigenvalue weighted by Crippen LogP contribution is -2.37. The summed E-state index contributed by atoms with van der Waals surface area (Å²) in [6, 6.07) is 7.95. The molecule has 1 aromatic carbocycles. The van der Waals surface area contributed by atoms with E-state index in [1.165, 1.54) is 0 Å². The highest BCUT2D eigenvalue weighted by Crippen LogP contribution is 2.22. The predicted octanol–water partition coefficient (Wildman–Crippen LogP) is 4.38. The summed E-state index contributed by atoms with van der Waals surface area (Å²) >= 11 is 3.41. The summed E-state index contributed by atoms with van der Waals surface area (Å²) in [4.78, 5) is 14.4. The van der Waals surface area contributed by atoms with Crippen LogP contribution < -0.4 is 0 Å². The molecule has 0 bridgehead atoms. The van der Waals surface area contributed by atoms with E-state index in [0.717, 1.165) is 34.8 Å². The smallest absolute Gasteiger partial charge is 0.289 e. The van der Waals surface area contributed by atoms with Gasteiger partial charge in [-0.2, -0.15) is 0 Å². The number of fused-ring (bicyclic) bond motifs is 1. The molecule has 2 rings (SSSR count). The largest absolute Gasteiger partial charge is 0.451 e. The Kier molecular flexibility index (Phi) is 4.86. The van der Waals surface area contributed by atoms with Crippen LogP contribution in [0.2, 0.25) is 0 Å². The first-order valence-corrected chi connectivity index (χ1v) is 8.02. The molecule has 0 radical (unpaired) electrons. The van der Waals surface area contributed by atoms with Crippen molar-refractivity contribution in [2.75, 3.05) is 11.9 Å². The van der Waals surface area contributed by atoms with Gasteiger partial charge in [0.1, 0.15) is 5.58 Å². The molecule has 2 aromatic rings. The van der Waals surface area contributed by atoms with Gasteiger partial charge in [0, 0.05) is 23.3 Å². The third kappa shape index (κ3) is 3.23. The lowest BCUT2D eigenvalue weighted by atomic mass is 10.2. The van der Waals surface area contributed by atoms with Crippen LogP contribution in [0, 0.1) is 6.92 Å². The summed E-state index contributed by atoms with van der Waals surface area (Å²) in [5.74, 6) is 0.392. The lowest BCUT2D eigenvalue weighted by Gasteiger charge is -2.25. The first-order valence-electron chi connectivity index (χ1n) is 6.90. The van der Waals surface area contributed by atoms with Crippen LogP contribution in [-0.2, 0) is 0 Å². The zero-order valence-corrected chi connectivity index (χ0v) is 13.7. The zero-order valence-electron chi connectivity index (χ0n) is 12.1. The van der Waals surface area contributed by atoms with E-state index in [1.807, 2.05) is 49.9 Å². The minimum absolute atomic E-state index is 0.0326. The minimum atomic E-state index is -0.0326. The summed E-state index contributed by atoms with van der Waals surface area (Å²) in [6.07, 6.45) is 0.934. The van der Waals surface area contributed by atoms with Gasteiger partial charge >= 0.3 is 0 Å². The molecule has 0 atom stereocenters. The maximum atomic E-state index is 12.6. The van der Waals surface area contributed by atoms with Crippen LogP contribution in [0.3, 0.4) is 0 Å². The third-order valence-corrected chi connectivity index (χ3v) is 3.86. The topological polar surface area (TPSA) is 33.5 Å². The molecule has 0 saturated heterocycles. The average molecular weight is 338 g/mol. The Balaban J connectivity index is 2.28. The maximum absolute atomic E-state index is 12.6. The van der Waals surface area contributed by atoms with Crippen LogP contribution >= 0.6 is 15.9 Å². The normalized spacial score (nSPS) is 11.2. The fourth-order valence-electron chi connectivity index (χ4n) is 2.23. The molecule has 0 aliphatic rings. The maximum Gasteiger partial charge on any atom is 0.289 e. The molecule has 4 heteroatoms. The average Bonchev–Trinajstić information content (AvgIpc) is 2.81. The molecule has 0 aliphatic carbocycles. The monoisotopic (exact) mass is 337 g/mol. The Morgan fingerprint density at radius 2 is 2.10 bits per heavy atom. The highest BCUT2D eigenvalue weighted by Gasteiger charge is 2.21. The number of nitrogens with zero attached hydrogens (tertiary/aromatic N) is 1. The highest BCUT2D eigenvalue weighted by molar-refractivity contribution is 9.09. The molecule has 0 N–H and O–H groups in total. The number of carbonyl (C=O) groups is 1. The molecule has 0 spiro atoms. The van der Waals surface area contributed by atoms with Gasteiger partial charge in [0.25, 0.3) is 5.91 Å². The number of hydrogen-bond acceptors (Lipinski definition) is 2. The van der Waals surface area contributed by atoms with Gasteiger partial charge in [-0.1, -0.05) is 27.6 Å². The Bertz CT molecular complexity index is 604. The van der Waals surface area contributed by atoms with Crippen LogP contribution in [0.15, 0.2) is 28.7 Å². The van der Waals surface area contributed by atoms with E-state index in [0.29, 0.717) is 5.76 Å². The predicted molar refractivity (Wildman–Crippen MR) is 85.5 cm³/mol. The van der Waals surface area contributed by atoms with Crippen molar-refractivity contribution in [3.05, 3.63) is 35.6 Å². The number of furan rings is 1. The Hall–Kier alpha value is -1.29. The second-order valence-corrected chi connectivity index (χ2v) is 6.08. The van der Waals surface area contributed by atoms with Crippen molar-refractivity contribution in [3.63, 3.8) is 0 Å². The molecule has 108 valence electrons. The van der Waals surface area contributed by atoms with E-state index in [1.54, 1.807) is 0 Å². The van der Waals surface area contributed by atoms with E-state index in [-0.39, 0.29) is 11.9 Å². The van der Waals surface area contributed by atoms with Crippen molar-refractivity contribution in [3.8, 4) is 0 Å². The summed E-state index contributed by atoms with van der Waals surface area (Å²) in [5.41, 5.74) is 1.93. The molecular formula is C16H20BrNO2. The number of hydrogen-bond donors (Lipinski definition) is 0. The lowest BCUT2D eigenvalue weighted by molar-refractivity contribution is 0.0676. The first-order chi connectivity index (χ1) is 9.52. The van der Waals surface area contributed by atoms with Gasteiger partial charge in [0.15, 0.2) is 5.76 Å². The quantitative estimate of drug-likeness (QED) is 0.758. The third-order valence-electron chi connectivity index (χ3n) is 3.30. The molecule has 3 nitrogen and oxygen atoms in total. The molecule has 1 heterocycles. The molecule has 0 saturated carbocycles. The summed E-state index contributed by atoms with van der Waals surface area (Å²) < 4.78 is 5.69. The molecule has 1 amide bonds. The van der Waals surface area contributed by atoms with Gasteiger partial charge in [0.2, 0.25) is 0 Å². The standard InChI is InChI=1S/C16H20BrNO2/c1-11(2)18(8-4-7-17)16(19)15-10-13-9-12(3)5-6-14(13)20-15/h5-6,9-11H,4,7-8H2,1-3H3. The zero-order chi connectivity index (χ0) is 14.7. The van der Waals surface area contributed by atoms with E-state index in [4.69, 9.17) is 4.42 Å². The minimum Gasteiger partial charge on any atom is -0.451 e. The van der Waals surface area contributed by atoms with Gasteiger partial charge in [-0.05, 0) is 45.4 Å². The number of benzene rings is 1. The fraction of sp³-hybridized carbons (Fsp3) is 0.438. The number of amides is 1. The Morgan fingerprint density at radius 3 is 2.75 bits per heavy atom. The van der Waals surface area contributed by atoms with Crippen LogP contribution in [0.1, 0.15) is 36.4 Å². The number of carbonyl (C=O) groups excluding carboxylic acids is 1. The number of halogens is 1. The Morgan fingerprint density at radius 1 is 1.35 bits per heavy atom. The molecule has 0 fully saturated rings. The molecule has 0 aliphatic heterocycles. The van der Waals surface area contributed by atoms with E-state index in [9.17, 15) is 4.79 Å². The molecule has 1 aromatic heterocycles. The number of aryl methyl sites for hydroxylation is 1. The van der Waals surface area contributed by atoms with Gasteiger partial charge in [-0.15, -0.1) is 0 Å². The van der Waals surface area contributed by atoms with Crippen molar-refractivity contribution >= 4 is 32.8 Å². The second kappa shape index (κ2) is 6.44. The van der Waals surface area contributed by atoms with Crippen LogP contribution in [0.25, 0.3) is 11.0 Å². The van der Waals surface area contributed by atoms with Crippen LogP contribution in [-0.4, -0.2) is 28.7 Å². The van der Waals surface area contributed by atoms with Crippen LogP contribution in [0.4, 0.5) is 0 Å². The Labute approximate surface area is 128 Å². The van der Waals surface area contributed by atoms with Crippen molar-refractivity contribution in [1.82, 2.24) is 4.90 Å². The highest BCUT2D eigenvalue weighted by atomic mass is 79.9. The number of alkyl halides is 1. The summed E-state index contributed by atoms with van der Waals surface area (Å²) in [7, 11) is 0. The fourth-order valence-corrected chi connectivity index (χ4v) is 2.48. The molecule has 0 unspecified atom stereocenters. The summed E-state index contributed by atoms with van der Waals surface area (Å²) in [5, 5.41) is 1.88. The first kappa shape index (κ1) is 15.1. The van der Waals surface area contributed by atoms with Crippen molar-refractivity contribution < 1.29 is 9.21 Å². The van der Waals surface area contributed by atoms with Gasteiger partial charge in [-0.3, -0.25) is 4.79 Å². The second-order valence-electron chi connectivity index (χ2n) is 5.29. The van der Waals surface area contributed by atoms with Gasteiger partial charge < -0.3 is 9.32 Å². The number of rotatable bonds is 5. The van der Waals surface area contributed by atoms with E-state index in [2.05, 4.69) is 15.9 Å². The van der Waals surface area contributed by atoms with Crippen molar-refractivity contribution in [1.29, 1.82) is 0 Å². The van der Waals surface area contributed by atoms with Gasteiger partial charge in [0.05, 0.1) is 0 Å². The van der Waals surface area contributed by atoms with E-state index < -0.39 is 0 Å². The SMILES string of the molecule is Cc1ccc2oc(C(=O)N(CCCBr)C(C)C)cc2c1. The van der Waals surface area contributed by atoms with Crippen LogP contribution in [0.5, 0.6) is 0 Å². The van der Waals surface area contributed by atoms with Crippen molar-refractivity contribution in [2.24, 2.45) is 0 Å².